The molecule has 2 heterocycles. The van der Waals surface area contributed by atoms with E-state index in [2.05, 4.69) is 36.5 Å². The molecule has 2 amide bonds. The number of nitrogens with zero attached hydrogens (tertiary/aromatic N) is 2. The average Bonchev–Trinajstić information content (AvgIpc) is 3.08. The first-order valence-corrected chi connectivity index (χ1v) is 10.5. The molecule has 8 heteroatoms. The van der Waals surface area contributed by atoms with Crippen LogP contribution in [0.15, 0.2) is 58.1 Å². The number of rotatable bonds is 4. The van der Waals surface area contributed by atoms with Crippen molar-refractivity contribution in [3.05, 3.63) is 68.7 Å². The van der Waals surface area contributed by atoms with Crippen LogP contribution in [0.4, 0.5) is 16.1 Å². The molecule has 0 unspecified atom stereocenters. The Morgan fingerprint density at radius 3 is 2.59 bits per heavy atom. The Bertz CT molecular complexity index is 1090. The summed E-state index contributed by atoms with van der Waals surface area (Å²) in [6, 6.07) is 13.1. The number of carbonyl (C=O) groups is 2. The number of hydrogen-bond donors (Lipinski definition) is 2. The number of amides is 2. The summed E-state index contributed by atoms with van der Waals surface area (Å²) in [6.07, 6.45) is 1.50. The third-order valence-corrected chi connectivity index (χ3v) is 6.35. The van der Waals surface area contributed by atoms with Crippen molar-refractivity contribution in [3.8, 4) is 0 Å². The fourth-order valence-corrected chi connectivity index (χ4v) is 4.30. The van der Waals surface area contributed by atoms with Crippen LogP contribution in [0.3, 0.4) is 0 Å². The summed E-state index contributed by atoms with van der Waals surface area (Å²) >= 11 is 2.99. The van der Waals surface area contributed by atoms with Gasteiger partial charge in [0.05, 0.1) is 0 Å². The second kappa shape index (κ2) is 7.23. The number of aryl methyl sites for hydroxylation is 1. The van der Waals surface area contributed by atoms with E-state index in [9.17, 15) is 9.59 Å². The fourth-order valence-electron chi connectivity index (χ4n) is 2.56. The van der Waals surface area contributed by atoms with Crippen LogP contribution in [0, 0.1) is 6.92 Å². The molecule has 2 aromatic carbocycles. The Morgan fingerprint density at radius 1 is 1.04 bits per heavy atom. The molecule has 1 aliphatic heterocycles. The van der Waals surface area contributed by atoms with Crippen LogP contribution in [-0.4, -0.2) is 37.0 Å². The van der Waals surface area contributed by atoms with Crippen LogP contribution in [0.25, 0.3) is 0 Å². The van der Waals surface area contributed by atoms with Gasteiger partial charge in [-0.3, -0.25) is 0 Å². The molecule has 134 valence electrons. The van der Waals surface area contributed by atoms with E-state index >= 15 is 0 Å². The van der Waals surface area contributed by atoms with Crippen molar-refractivity contribution < 1.29 is 9.59 Å². The zero-order valence-corrected chi connectivity index (χ0v) is 17.4. The third kappa shape index (κ3) is 3.78. The number of hydrogen-bond acceptors (Lipinski definition) is 4. The van der Waals surface area contributed by atoms with E-state index in [0.29, 0.717) is 20.5 Å². The molecular formula is C19H13BrN4O2Se. The zero-order valence-electron chi connectivity index (χ0n) is 14.1. The van der Waals surface area contributed by atoms with Gasteiger partial charge in [0.1, 0.15) is 0 Å². The van der Waals surface area contributed by atoms with E-state index < -0.39 is 0 Å². The molecule has 0 radical (unpaired) electrons. The molecule has 6 nitrogen and oxygen atoms in total. The van der Waals surface area contributed by atoms with Gasteiger partial charge < -0.3 is 0 Å². The molecule has 3 aromatic rings. The van der Waals surface area contributed by atoms with Crippen LogP contribution in [0.2, 0.25) is 0 Å². The van der Waals surface area contributed by atoms with E-state index in [0.717, 1.165) is 21.3 Å². The predicted octanol–water partition coefficient (Wildman–Crippen LogP) is 3.53. The van der Waals surface area contributed by atoms with Crippen molar-refractivity contribution in [1.82, 2.24) is 4.98 Å². The van der Waals surface area contributed by atoms with Gasteiger partial charge in [0.2, 0.25) is 0 Å². The van der Waals surface area contributed by atoms with Gasteiger partial charge in [0.25, 0.3) is 0 Å². The first kappa shape index (κ1) is 17.9. The summed E-state index contributed by atoms with van der Waals surface area (Å²) in [7, 11) is 0. The quantitative estimate of drug-likeness (QED) is 0.552. The molecule has 0 saturated carbocycles. The van der Waals surface area contributed by atoms with Crippen molar-refractivity contribution in [2.45, 2.75) is 6.92 Å². The van der Waals surface area contributed by atoms with Gasteiger partial charge in [-0.05, 0) is 0 Å². The number of aliphatic imine (C=N–C) groups is 1. The molecule has 0 aliphatic carbocycles. The normalized spacial score (nSPS) is 11.9. The van der Waals surface area contributed by atoms with Crippen LogP contribution >= 0.6 is 15.9 Å². The van der Waals surface area contributed by atoms with Crippen molar-refractivity contribution >= 4 is 64.0 Å². The van der Waals surface area contributed by atoms with Gasteiger partial charge in [-0.2, -0.15) is 0 Å². The molecule has 0 atom stereocenters. The molecule has 27 heavy (non-hydrogen) atoms. The van der Waals surface area contributed by atoms with E-state index in [4.69, 9.17) is 0 Å². The Kier molecular flexibility index (Phi) is 4.78. The van der Waals surface area contributed by atoms with Crippen LogP contribution < -0.4 is 10.6 Å². The minimum atomic E-state index is -0.366. The second-order valence-corrected chi connectivity index (χ2v) is 9.00. The van der Waals surface area contributed by atoms with Crippen molar-refractivity contribution in [2.75, 3.05) is 10.6 Å². The molecule has 2 N–H and O–H groups in total. The second-order valence-electron chi connectivity index (χ2n) is 5.93. The molecule has 1 aliphatic rings. The first-order valence-electron chi connectivity index (χ1n) is 8.03. The topological polar surface area (TPSA) is 83.5 Å². The number of carbonyl (C=O) groups excluding carboxylic acids is 2. The minimum absolute atomic E-state index is 0.215. The summed E-state index contributed by atoms with van der Waals surface area (Å²) in [5.41, 5.74) is 3.84. The summed E-state index contributed by atoms with van der Waals surface area (Å²) in [4.78, 5) is 33.2. The Balaban J connectivity index is 1.41. The molecule has 0 saturated heterocycles. The third-order valence-electron chi connectivity index (χ3n) is 3.91. The molecule has 4 rings (SSSR count). The van der Waals surface area contributed by atoms with E-state index in [1.165, 1.54) is 6.20 Å². The number of nitrogens with one attached hydrogen (secondary N) is 2. The monoisotopic (exact) mass is 488 g/mol. The van der Waals surface area contributed by atoms with Crippen LogP contribution in [-0.2, 0) is 4.79 Å². The fraction of sp³-hybridized carbons (Fsp3) is 0.0526. The zero-order chi connectivity index (χ0) is 19.0. The molecular weight excluding hydrogens is 475 g/mol. The number of aromatic nitrogens is 1. The number of fused-ring (bicyclic) bond motifs is 1. The number of benzene rings is 2. The molecule has 0 fully saturated rings. The maximum absolute atomic E-state index is 12.4. The number of anilines is 2. The van der Waals surface area contributed by atoms with Crippen LogP contribution in [0.5, 0.6) is 0 Å². The summed E-state index contributed by atoms with van der Waals surface area (Å²) < 4.78 is 1.98. The average molecular weight is 488 g/mol. The molecule has 0 bridgehead atoms. The maximum atomic E-state index is 12.4. The van der Waals surface area contributed by atoms with Gasteiger partial charge in [0.15, 0.2) is 0 Å². The van der Waals surface area contributed by atoms with Gasteiger partial charge in [-0.1, -0.05) is 0 Å². The van der Waals surface area contributed by atoms with Crippen molar-refractivity contribution in [1.29, 1.82) is 0 Å². The Hall–Kier alpha value is -2.54. The SMILES string of the molecule is Cc1ccc2c(c1)C(C(=O)Nc1ncc(C(=O)Nc3ccc(Br)cc3)[se]1)=N2. The first-order chi connectivity index (χ1) is 13.0. The van der Waals surface area contributed by atoms with E-state index in [-0.39, 0.29) is 26.3 Å². The summed E-state index contributed by atoms with van der Waals surface area (Å²) in [6.45, 7) is 1.97. The van der Waals surface area contributed by atoms with Gasteiger partial charge in [-0.25, -0.2) is 0 Å². The predicted molar refractivity (Wildman–Crippen MR) is 109 cm³/mol. The Labute approximate surface area is 169 Å². The van der Waals surface area contributed by atoms with E-state index in [1.54, 1.807) is 0 Å². The number of halogens is 1. The van der Waals surface area contributed by atoms with Crippen molar-refractivity contribution in [2.24, 2.45) is 4.99 Å². The molecule has 0 spiro atoms. The van der Waals surface area contributed by atoms with Gasteiger partial charge in [-0.15, -0.1) is 0 Å². The van der Waals surface area contributed by atoms with Crippen LogP contribution in [0.1, 0.15) is 20.4 Å². The van der Waals surface area contributed by atoms with E-state index in [1.807, 2.05) is 49.4 Å². The summed E-state index contributed by atoms with van der Waals surface area (Å²) in [5, 5.41) is 5.59. The van der Waals surface area contributed by atoms with Crippen molar-refractivity contribution in [3.63, 3.8) is 0 Å². The van der Waals surface area contributed by atoms with Gasteiger partial charge >= 0.3 is 170 Å². The molecule has 1 aromatic heterocycles. The van der Waals surface area contributed by atoms with Gasteiger partial charge in [0, 0.05) is 0 Å². The standard InChI is InChI=1S/C19H13BrN4O2Se/c1-10-2-7-14-13(8-10)16(23-14)18(26)24-19-21-9-15(27-19)17(25)22-12-5-3-11(20)4-6-12/h2-9H,1H3,(H,22,25)(H,21,24,26). The Morgan fingerprint density at radius 2 is 1.81 bits per heavy atom. The summed E-state index contributed by atoms with van der Waals surface area (Å²) in [5.74, 6) is -0.510.